The van der Waals surface area contributed by atoms with Crippen LogP contribution in [-0.2, 0) is 0 Å². The highest BCUT2D eigenvalue weighted by atomic mass is 35.5. The highest BCUT2D eigenvalue weighted by Gasteiger charge is 2.36. The molecule has 36 heavy (non-hydrogen) atoms. The fourth-order valence-electron chi connectivity index (χ4n) is 4.95. The maximum absolute atomic E-state index is 13.3. The van der Waals surface area contributed by atoms with Crippen LogP contribution >= 0.6 is 22.9 Å². The van der Waals surface area contributed by atoms with Crippen molar-refractivity contribution >= 4 is 45.7 Å². The van der Waals surface area contributed by atoms with Crippen LogP contribution in [0, 0.1) is 5.82 Å². The van der Waals surface area contributed by atoms with Crippen LogP contribution in [0.3, 0.4) is 0 Å². The predicted octanol–water partition coefficient (Wildman–Crippen LogP) is 4.21. The molecular formula is C26H23ClFN5O2S. The van der Waals surface area contributed by atoms with Crippen molar-refractivity contribution in [1.82, 2.24) is 24.7 Å². The van der Waals surface area contributed by atoms with Crippen LogP contribution < -0.4 is 5.32 Å². The number of nitrogens with zero attached hydrogens (tertiary/aromatic N) is 4. The summed E-state index contributed by atoms with van der Waals surface area (Å²) in [6.07, 6.45) is 4.42. The van der Waals surface area contributed by atoms with Gasteiger partial charge in [-0.3, -0.25) is 9.59 Å². The Balaban J connectivity index is 1.08. The van der Waals surface area contributed by atoms with E-state index in [9.17, 15) is 14.0 Å². The van der Waals surface area contributed by atoms with Crippen LogP contribution in [0.1, 0.15) is 26.6 Å². The standard InChI is InChI=1S/C26H23ClFN5O2S/c27-22-12-23-16(5-9-33(23)20-3-1-17(28)2-4-20)11-21(22)25(34)32-14-19(15-32)30-18-6-8-31(13-18)26(35)24-29-7-10-36-24/h1-5,7,9-12,18-19,30H,6,8,13-15H2/t18-/m0/s1. The van der Waals surface area contributed by atoms with E-state index in [-0.39, 0.29) is 29.7 Å². The number of benzene rings is 2. The number of hydrogen-bond acceptors (Lipinski definition) is 5. The zero-order valence-corrected chi connectivity index (χ0v) is 20.8. The second-order valence-electron chi connectivity index (χ2n) is 9.20. The first-order chi connectivity index (χ1) is 17.5. The Hall–Kier alpha value is -3.27. The van der Waals surface area contributed by atoms with E-state index < -0.39 is 0 Å². The molecule has 2 amide bonds. The molecule has 0 spiro atoms. The summed E-state index contributed by atoms with van der Waals surface area (Å²) in [7, 11) is 0. The summed E-state index contributed by atoms with van der Waals surface area (Å²) in [6.45, 7) is 2.55. The molecule has 6 rings (SSSR count). The smallest absolute Gasteiger partial charge is 0.282 e. The SMILES string of the molecule is O=C(c1nccs1)N1CC[C@H](NC2CN(C(=O)c3cc4ccn(-c5ccc(F)cc5)c4cc3Cl)C2)C1. The average Bonchev–Trinajstić information content (AvgIpc) is 3.61. The minimum atomic E-state index is -0.294. The van der Waals surface area contributed by atoms with Crippen molar-refractivity contribution in [3.05, 3.63) is 81.6 Å². The van der Waals surface area contributed by atoms with Crippen molar-refractivity contribution in [3.63, 3.8) is 0 Å². The summed E-state index contributed by atoms with van der Waals surface area (Å²) in [4.78, 5) is 33.4. The predicted molar refractivity (Wildman–Crippen MR) is 137 cm³/mol. The van der Waals surface area contributed by atoms with Crippen molar-refractivity contribution in [2.75, 3.05) is 26.2 Å². The molecule has 184 valence electrons. The van der Waals surface area contributed by atoms with E-state index >= 15 is 0 Å². The molecule has 0 radical (unpaired) electrons. The molecule has 4 heterocycles. The van der Waals surface area contributed by atoms with Gasteiger partial charge in [0.25, 0.3) is 11.8 Å². The van der Waals surface area contributed by atoms with Gasteiger partial charge in [0, 0.05) is 67.1 Å². The molecule has 0 unspecified atom stereocenters. The Morgan fingerprint density at radius 3 is 2.56 bits per heavy atom. The van der Waals surface area contributed by atoms with Gasteiger partial charge in [-0.2, -0.15) is 0 Å². The molecule has 2 aromatic heterocycles. The number of amides is 2. The normalized spacial score (nSPS) is 18.1. The monoisotopic (exact) mass is 523 g/mol. The number of carbonyl (C=O) groups is 2. The number of aromatic nitrogens is 2. The van der Waals surface area contributed by atoms with E-state index in [0.29, 0.717) is 41.8 Å². The summed E-state index contributed by atoms with van der Waals surface area (Å²) in [5.74, 6) is -0.405. The zero-order valence-electron chi connectivity index (χ0n) is 19.2. The van der Waals surface area contributed by atoms with Gasteiger partial charge in [-0.1, -0.05) is 11.6 Å². The third-order valence-corrected chi connectivity index (χ3v) is 7.92. The highest BCUT2D eigenvalue weighted by molar-refractivity contribution is 7.11. The van der Waals surface area contributed by atoms with Gasteiger partial charge in [0.2, 0.25) is 0 Å². The number of halogens is 2. The van der Waals surface area contributed by atoms with E-state index in [1.54, 1.807) is 29.3 Å². The van der Waals surface area contributed by atoms with Gasteiger partial charge in [0.05, 0.1) is 16.1 Å². The van der Waals surface area contributed by atoms with Gasteiger partial charge in [-0.15, -0.1) is 11.3 Å². The molecule has 10 heteroatoms. The van der Waals surface area contributed by atoms with E-state index in [4.69, 9.17) is 11.6 Å². The molecule has 2 aliphatic heterocycles. The topological polar surface area (TPSA) is 70.5 Å². The molecule has 2 aliphatic rings. The first-order valence-corrected chi connectivity index (χ1v) is 13.0. The van der Waals surface area contributed by atoms with Crippen molar-refractivity contribution < 1.29 is 14.0 Å². The van der Waals surface area contributed by atoms with E-state index in [0.717, 1.165) is 23.0 Å². The number of rotatable bonds is 5. The van der Waals surface area contributed by atoms with E-state index in [2.05, 4.69) is 10.3 Å². The summed E-state index contributed by atoms with van der Waals surface area (Å²) in [6, 6.07) is 12.2. The van der Waals surface area contributed by atoms with Gasteiger partial charge >= 0.3 is 0 Å². The highest BCUT2D eigenvalue weighted by Crippen LogP contribution is 2.29. The number of thiazole rings is 1. The van der Waals surface area contributed by atoms with Crippen molar-refractivity contribution in [3.8, 4) is 5.69 Å². The molecule has 7 nitrogen and oxygen atoms in total. The summed E-state index contributed by atoms with van der Waals surface area (Å²) in [5.41, 5.74) is 2.14. The molecule has 0 bridgehead atoms. The van der Waals surface area contributed by atoms with Gasteiger partial charge in [-0.25, -0.2) is 9.37 Å². The summed E-state index contributed by atoms with van der Waals surface area (Å²) in [5, 5.41) is 7.19. The molecule has 1 N–H and O–H groups in total. The number of fused-ring (bicyclic) bond motifs is 1. The van der Waals surface area contributed by atoms with Crippen LogP contribution in [0.2, 0.25) is 5.02 Å². The van der Waals surface area contributed by atoms with Crippen molar-refractivity contribution in [2.24, 2.45) is 0 Å². The van der Waals surface area contributed by atoms with Crippen LogP contribution in [0.5, 0.6) is 0 Å². The third kappa shape index (κ3) is 4.27. The Morgan fingerprint density at radius 1 is 1.03 bits per heavy atom. The van der Waals surface area contributed by atoms with E-state index in [1.165, 1.54) is 23.5 Å². The van der Waals surface area contributed by atoms with Gasteiger partial charge in [0.1, 0.15) is 5.82 Å². The minimum Gasteiger partial charge on any atom is -0.335 e. The Kier molecular flexibility index (Phi) is 5.99. The lowest BCUT2D eigenvalue weighted by atomic mass is 10.0. The Bertz CT molecular complexity index is 1430. The van der Waals surface area contributed by atoms with Crippen molar-refractivity contribution in [2.45, 2.75) is 18.5 Å². The summed E-state index contributed by atoms with van der Waals surface area (Å²) >= 11 is 7.91. The van der Waals surface area contributed by atoms with E-state index in [1.807, 2.05) is 33.2 Å². The second-order valence-corrected chi connectivity index (χ2v) is 10.5. The first kappa shape index (κ1) is 23.1. The maximum atomic E-state index is 13.3. The van der Waals surface area contributed by atoms with Crippen LogP contribution in [-0.4, -0.2) is 69.4 Å². The molecule has 2 fully saturated rings. The molecule has 1 atom stereocenters. The van der Waals surface area contributed by atoms with Gasteiger partial charge in [0.15, 0.2) is 5.01 Å². The fourth-order valence-corrected chi connectivity index (χ4v) is 5.79. The van der Waals surface area contributed by atoms with Gasteiger partial charge in [-0.05, 0) is 48.9 Å². The first-order valence-electron chi connectivity index (χ1n) is 11.8. The number of likely N-dealkylation sites (tertiary alicyclic amines) is 2. The fraction of sp³-hybridized carbons (Fsp3) is 0.269. The Morgan fingerprint density at radius 2 is 1.81 bits per heavy atom. The second kappa shape index (κ2) is 9.31. The molecule has 4 aromatic rings. The third-order valence-electron chi connectivity index (χ3n) is 6.85. The molecule has 0 saturated carbocycles. The minimum absolute atomic E-state index is 0.0157. The number of hydrogen-bond donors (Lipinski definition) is 1. The molecule has 2 aromatic carbocycles. The van der Waals surface area contributed by atoms with Gasteiger partial charge < -0.3 is 19.7 Å². The lowest BCUT2D eigenvalue weighted by molar-refractivity contribution is 0.0553. The Labute approximate surface area is 216 Å². The molecule has 2 saturated heterocycles. The lowest BCUT2D eigenvalue weighted by Crippen LogP contribution is -2.62. The number of carbonyl (C=O) groups excluding carboxylic acids is 2. The molecule has 0 aliphatic carbocycles. The van der Waals surface area contributed by atoms with Crippen LogP contribution in [0.4, 0.5) is 4.39 Å². The lowest BCUT2D eigenvalue weighted by Gasteiger charge is -2.41. The van der Waals surface area contributed by atoms with Crippen molar-refractivity contribution in [1.29, 1.82) is 0 Å². The largest absolute Gasteiger partial charge is 0.335 e. The van der Waals surface area contributed by atoms with Crippen LogP contribution in [0.15, 0.2) is 60.2 Å². The average molecular weight is 524 g/mol. The molecular weight excluding hydrogens is 501 g/mol. The summed E-state index contributed by atoms with van der Waals surface area (Å²) < 4.78 is 15.2. The maximum Gasteiger partial charge on any atom is 0.282 e. The van der Waals surface area contributed by atoms with Crippen LogP contribution in [0.25, 0.3) is 16.6 Å². The zero-order chi connectivity index (χ0) is 24.8. The number of nitrogens with one attached hydrogen (secondary N) is 1. The quantitative estimate of drug-likeness (QED) is 0.425.